The first kappa shape index (κ1) is 23.9. The first-order chi connectivity index (χ1) is 15.1. The monoisotopic (exact) mass is 493 g/mol. The summed E-state index contributed by atoms with van der Waals surface area (Å²) in [7, 11) is -6.28. The van der Waals surface area contributed by atoms with Gasteiger partial charge in [-0.25, -0.2) is 26.3 Å². The number of hydrogen-bond acceptors (Lipinski definition) is 5. The van der Waals surface area contributed by atoms with Gasteiger partial charge in [0.1, 0.15) is 4.90 Å². The molecule has 3 aromatic rings. The van der Waals surface area contributed by atoms with Crippen LogP contribution in [0.3, 0.4) is 0 Å². The molecule has 11 heteroatoms. The van der Waals surface area contributed by atoms with Gasteiger partial charge in [0, 0.05) is 17.8 Å². The predicted molar refractivity (Wildman–Crippen MR) is 123 cm³/mol. The molecule has 1 amide bonds. The maximum atomic E-state index is 12.7. The van der Waals surface area contributed by atoms with E-state index in [1.54, 1.807) is 24.3 Å². The van der Waals surface area contributed by atoms with Crippen molar-refractivity contribution < 1.29 is 21.6 Å². The van der Waals surface area contributed by atoms with Gasteiger partial charge in [-0.2, -0.15) is 0 Å². The Bertz CT molecular complexity index is 1330. The minimum Gasteiger partial charge on any atom is -0.322 e. The van der Waals surface area contributed by atoms with Gasteiger partial charge in [0.15, 0.2) is 0 Å². The van der Waals surface area contributed by atoms with Crippen LogP contribution in [0.2, 0.25) is 5.02 Å². The lowest BCUT2D eigenvalue weighted by Crippen LogP contribution is -2.24. The number of sulfonamides is 2. The van der Waals surface area contributed by atoms with Gasteiger partial charge in [-0.05, 0) is 55.1 Å². The van der Waals surface area contributed by atoms with Gasteiger partial charge in [0.05, 0.1) is 9.92 Å². The second kappa shape index (κ2) is 9.80. The van der Waals surface area contributed by atoms with Crippen LogP contribution in [0.1, 0.15) is 15.9 Å². The maximum Gasteiger partial charge on any atom is 0.255 e. The van der Waals surface area contributed by atoms with E-state index >= 15 is 0 Å². The summed E-state index contributed by atoms with van der Waals surface area (Å²) < 4.78 is 53.7. The summed E-state index contributed by atoms with van der Waals surface area (Å²) in [4.78, 5) is 12.4. The molecule has 0 atom stereocenters. The van der Waals surface area contributed by atoms with E-state index in [2.05, 4.69) is 14.8 Å². The average Bonchev–Trinajstić information content (AvgIpc) is 2.79. The van der Waals surface area contributed by atoms with Gasteiger partial charge in [0.2, 0.25) is 20.0 Å². The Hall–Kier alpha value is -2.76. The van der Waals surface area contributed by atoms with Crippen molar-refractivity contribution in [3.05, 3.63) is 88.9 Å². The van der Waals surface area contributed by atoms with Crippen molar-refractivity contribution in [1.29, 1.82) is 0 Å². The number of anilines is 1. The van der Waals surface area contributed by atoms with Crippen molar-refractivity contribution in [2.45, 2.75) is 16.3 Å². The zero-order chi connectivity index (χ0) is 23.4. The fraction of sp³-hybridized carbons (Fsp3) is 0.0952. The highest BCUT2D eigenvalue weighted by molar-refractivity contribution is 7.89. The number of benzene rings is 3. The van der Waals surface area contributed by atoms with Crippen molar-refractivity contribution in [2.75, 3.05) is 12.4 Å². The van der Waals surface area contributed by atoms with Gasteiger partial charge < -0.3 is 5.32 Å². The molecule has 32 heavy (non-hydrogen) atoms. The molecule has 0 unspecified atom stereocenters. The number of rotatable bonds is 8. The first-order valence-electron chi connectivity index (χ1n) is 9.30. The third-order valence-corrected chi connectivity index (χ3v) is 7.80. The molecule has 3 rings (SSSR count). The molecule has 3 N–H and O–H groups in total. The van der Waals surface area contributed by atoms with Crippen LogP contribution in [-0.2, 0) is 26.6 Å². The fourth-order valence-corrected chi connectivity index (χ4v) is 5.01. The van der Waals surface area contributed by atoms with E-state index < -0.39 is 26.0 Å². The summed E-state index contributed by atoms with van der Waals surface area (Å²) in [5.41, 5.74) is 1.18. The van der Waals surface area contributed by atoms with Gasteiger partial charge >= 0.3 is 0 Å². The number of hydrogen-bond donors (Lipinski definition) is 3. The topological polar surface area (TPSA) is 121 Å². The Morgan fingerprint density at radius 1 is 0.875 bits per heavy atom. The molecule has 0 spiro atoms. The van der Waals surface area contributed by atoms with Crippen molar-refractivity contribution in [3.63, 3.8) is 0 Å². The van der Waals surface area contributed by atoms with Crippen molar-refractivity contribution >= 4 is 43.2 Å². The Morgan fingerprint density at radius 2 is 1.53 bits per heavy atom. The van der Waals surface area contributed by atoms with Crippen molar-refractivity contribution in [1.82, 2.24) is 9.44 Å². The summed E-state index contributed by atoms with van der Waals surface area (Å²) in [5, 5.41) is 2.57. The van der Waals surface area contributed by atoms with Crippen LogP contribution in [0.5, 0.6) is 0 Å². The third-order valence-electron chi connectivity index (χ3n) is 4.48. The molecule has 0 saturated carbocycles. The number of carbonyl (C=O) groups is 1. The van der Waals surface area contributed by atoms with Crippen LogP contribution in [0.4, 0.5) is 5.69 Å². The molecule has 0 aliphatic heterocycles. The second-order valence-electron chi connectivity index (χ2n) is 6.64. The SMILES string of the molecule is CNS(=O)(=O)c1ccc(NC(=O)c2ccc(Cl)c(S(=O)(=O)NCc3ccccc3)c2)cc1. The quantitative estimate of drug-likeness (QED) is 0.445. The van der Waals surface area contributed by atoms with E-state index in [4.69, 9.17) is 11.6 Å². The third kappa shape index (κ3) is 5.72. The molecule has 0 aromatic heterocycles. The minimum absolute atomic E-state index is 0.0243. The van der Waals surface area contributed by atoms with Gasteiger partial charge in [0.25, 0.3) is 5.91 Å². The molecule has 0 aliphatic carbocycles. The standard InChI is InChI=1S/C21H20ClN3O5S2/c1-23-31(27,28)18-10-8-17(9-11-18)25-21(26)16-7-12-19(22)20(13-16)32(29,30)24-14-15-5-3-2-4-6-15/h2-13,23-24H,14H2,1H3,(H,25,26). The molecule has 0 radical (unpaired) electrons. The van der Waals surface area contributed by atoms with Crippen molar-refractivity contribution in [3.8, 4) is 0 Å². The Kier molecular flexibility index (Phi) is 7.32. The van der Waals surface area contributed by atoms with E-state index in [-0.39, 0.29) is 26.9 Å². The highest BCUT2D eigenvalue weighted by Gasteiger charge is 2.20. The molecule has 0 saturated heterocycles. The van der Waals surface area contributed by atoms with E-state index in [0.29, 0.717) is 5.69 Å². The van der Waals surface area contributed by atoms with Crippen LogP contribution in [0, 0.1) is 0 Å². The van der Waals surface area contributed by atoms with Gasteiger partial charge in [-0.15, -0.1) is 0 Å². The smallest absolute Gasteiger partial charge is 0.255 e. The zero-order valence-electron chi connectivity index (χ0n) is 16.9. The second-order valence-corrected chi connectivity index (χ2v) is 10.7. The molecule has 3 aromatic carbocycles. The molecule has 0 aliphatic rings. The fourth-order valence-electron chi connectivity index (χ4n) is 2.74. The van der Waals surface area contributed by atoms with Gasteiger partial charge in [-0.1, -0.05) is 41.9 Å². The molecule has 0 bridgehead atoms. The summed E-state index contributed by atoms with van der Waals surface area (Å²) in [6, 6.07) is 18.4. The molecular formula is C21H20ClN3O5S2. The van der Waals surface area contributed by atoms with Crippen LogP contribution >= 0.6 is 11.6 Å². The van der Waals surface area contributed by atoms with Crippen LogP contribution in [0.15, 0.2) is 82.6 Å². The van der Waals surface area contributed by atoms with E-state index in [0.717, 1.165) is 5.56 Å². The molecule has 168 valence electrons. The molecular weight excluding hydrogens is 474 g/mol. The number of carbonyl (C=O) groups excluding carboxylic acids is 1. The average molecular weight is 494 g/mol. The van der Waals surface area contributed by atoms with E-state index in [9.17, 15) is 21.6 Å². The van der Waals surface area contributed by atoms with Crippen molar-refractivity contribution in [2.24, 2.45) is 0 Å². The summed E-state index contributed by atoms with van der Waals surface area (Å²) in [6.07, 6.45) is 0. The lowest BCUT2D eigenvalue weighted by Gasteiger charge is -2.11. The van der Waals surface area contributed by atoms with E-state index in [1.165, 1.54) is 49.5 Å². The minimum atomic E-state index is -3.98. The highest BCUT2D eigenvalue weighted by Crippen LogP contribution is 2.24. The summed E-state index contributed by atoms with van der Waals surface area (Å²) in [6.45, 7) is 0.0673. The van der Waals surface area contributed by atoms with Crippen LogP contribution < -0.4 is 14.8 Å². The summed E-state index contributed by atoms with van der Waals surface area (Å²) in [5.74, 6) is -0.578. The maximum absolute atomic E-state index is 12.7. The number of amides is 1. The lowest BCUT2D eigenvalue weighted by molar-refractivity contribution is 0.102. The number of nitrogens with one attached hydrogen (secondary N) is 3. The summed E-state index contributed by atoms with van der Waals surface area (Å²) >= 11 is 6.09. The van der Waals surface area contributed by atoms with Gasteiger partial charge in [-0.3, -0.25) is 4.79 Å². The lowest BCUT2D eigenvalue weighted by atomic mass is 10.2. The Balaban J connectivity index is 1.78. The predicted octanol–water partition coefficient (Wildman–Crippen LogP) is 2.98. The largest absolute Gasteiger partial charge is 0.322 e. The molecule has 8 nitrogen and oxygen atoms in total. The van der Waals surface area contributed by atoms with E-state index in [1.807, 2.05) is 6.07 Å². The highest BCUT2D eigenvalue weighted by atomic mass is 35.5. The van der Waals surface area contributed by atoms with Crippen LogP contribution in [0.25, 0.3) is 0 Å². The Morgan fingerprint density at radius 3 is 2.16 bits per heavy atom. The number of halogens is 1. The zero-order valence-corrected chi connectivity index (χ0v) is 19.3. The molecule has 0 heterocycles. The normalized spacial score (nSPS) is 11.8. The van der Waals surface area contributed by atoms with Crippen LogP contribution in [-0.4, -0.2) is 29.8 Å². The molecule has 0 fully saturated rings. The first-order valence-corrected chi connectivity index (χ1v) is 12.6. The Labute approximate surface area is 191 Å².